The standard InChI is InChI=1S/C19H21FN4O3S/c20-13-6-8-15(9-7-13)23-17(25)12-16(18(26)27)21-10-11-22-19(28)24-14-4-2-1-3-5-14/h1-9,16,21H,10-12H2,(H,23,25)(H,26,27)(H2,22,24,28). The normalized spacial score (nSPS) is 11.3. The van der Waals surface area contributed by atoms with Crippen molar-refractivity contribution in [2.24, 2.45) is 0 Å². The van der Waals surface area contributed by atoms with Crippen molar-refractivity contribution in [1.82, 2.24) is 10.6 Å². The number of para-hydroxylation sites is 1. The van der Waals surface area contributed by atoms with Crippen LogP contribution < -0.4 is 21.3 Å². The van der Waals surface area contributed by atoms with Gasteiger partial charge in [0.25, 0.3) is 0 Å². The highest BCUT2D eigenvalue weighted by molar-refractivity contribution is 7.80. The number of aliphatic carboxylic acids is 1. The molecule has 2 aromatic rings. The fourth-order valence-electron chi connectivity index (χ4n) is 2.30. The molecule has 0 radical (unpaired) electrons. The molecule has 0 saturated carbocycles. The lowest BCUT2D eigenvalue weighted by Gasteiger charge is -2.15. The lowest BCUT2D eigenvalue weighted by Crippen LogP contribution is -2.43. The van der Waals surface area contributed by atoms with Crippen LogP contribution >= 0.6 is 12.2 Å². The number of thiocarbonyl (C=S) groups is 1. The van der Waals surface area contributed by atoms with Crippen molar-refractivity contribution in [3.05, 3.63) is 60.4 Å². The molecule has 5 N–H and O–H groups in total. The topological polar surface area (TPSA) is 102 Å². The SMILES string of the molecule is O=C(CC(NCCNC(=S)Nc1ccccc1)C(=O)O)Nc1ccc(F)cc1. The van der Waals surface area contributed by atoms with Gasteiger partial charge in [-0.3, -0.25) is 9.59 Å². The van der Waals surface area contributed by atoms with Crippen LogP contribution in [0.3, 0.4) is 0 Å². The Morgan fingerprint density at radius 2 is 1.61 bits per heavy atom. The second-order valence-electron chi connectivity index (χ2n) is 5.85. The van der Waals surface area contributed by atoms with E-state index in [0.29, 0.717) is 17.3 Å². The Bertz CT molecular complexity index is 803. The zero-order chi connectivity index (χ0) is 20.4. The first-order valence-corrected chi connectivity index (χ1v) is 8.96. The van der Waals surface area contributed by atoms with Gasteiger partial charge in [0.05, 0.1) is 6.42 Å². The molecule has 1 unspecified atom stereocenters. The fraction of sp³-hybridized carbons (Fsp3) is 0.211. The Balaban J connectivity index is 1.71. The second kappa shape index (κ2) is 11.0. The van der Waals surface area contributed by atoms with Gasteiger partial charge >= 0.3 is 5.97 Å². The van der Waals surface area contributed by atoms with Crippen molar-refractivity contribution in [2.45, 2.75) is 12.5 Å². The summed E-state index contributed by atoms with van der Waals surface area (Å²) in [5, 5.41) is 21.0. The van der Waals surface area contributed by atoms with E-state index in [-0.39, 0.29) is 13.0 Å². The maximum atomic E-state index is 12.9. The van der Waals surface area contributed by atoms with Crippen LogP contribution in [0.15, 0.2) is 54.6 Å². The molecular weight excluding hydrogens is 383 g/mol. The summed E-state index contributed by atoms with van der Waals surface area (Å²) in [7, 11) is 0. The molecule has 1 amide bonds. The molecule has 0 bridgehead atoms. The van der Waals surface area contributed by atoms with Gasteiger partial charge in [-0.1, -0.05) is 18.2 Å². The van der Waals surface area contributed by atoms with E-state index in [1.54, 1.807) is 0 Å². The van der Waals surface area contributed by atoms with Crippen LogP contribution in [0.5, 0.6) is 0 Å². The Morgan fingerprint density at radius 3 is 2.25 bits per heavy atom. The minimum absolute atomic E-state index is 0.264. The molecule has 0 aliphatic rings. The predicted octanol–water partition coefficient (Wildman–Crippen LogP) is 2.18. The highest BCUT2D eigenvalue weighted by atomic mass is 32.1. The first kappa shape index (κ1) is 21.3. The summed E-state index contributed by atoms with van der Waals surface area (Å²) in [6.07, 6.45) is -0.264. The van der Waals surface area contributed by atoms with E-state index in [4.69, 9.17) is 12.2 Å². The van der Waals surface area contributed by atoms with Gasteiger partial charge in [-0.05, 0) is 48.6 Å². The third kappa shape index (κ3) is 7.68. The zero-order valence-corrected chi connectivity index (χ0v) is 15.8. The number of carbonyl (C=O) groups is 2. The third-order valence-electron chi connectivity index (χ3n) is 3.65. The van der Waals surface area contributed by atoms with Crippen molar-refractivity contribution >= 4 is 40.6 Å². The Morgan fingerprint density at radius 1 is 0.964 bits per heavy atom. The number of carbonyl (C=O) groups excluding carboxylic acids is 1. The van der Waals surface area contributed by atoms with Crippen molar-refractivity contribution in [3.63, 3.8) is 0 Å². The van der Waals surface area contributed by atoms with Gasteiger partial charge in [0.15, 0.2) is 5.11 Å². The van der Waals surface area contributed by atoms with E-state index >= 15 is 0 Å². The maximum absolute atomic E-state index is 12.9. The minimum Gasteiger partial charge on any atom is -0.480 e. The lowest BCUT2D eigenvalue weighted by atomic mass is 10.2. The first-order valence-electron chi connectivity index (χ1n) is 8.55. The smallest absolute Gasteiger partial charge is 0.321 e. The van der Waals surface area contributed by atoms with Crippen LogP contribution in [0.1, 0.15) is 6.42 Å². The van der Waals surface area contributed by atoms with Crippen molar-refractivity contribution in [3.8, 4) is 0 Å². The largest absolute Gasteiger partial charge is 0.480 e. The van der Waals surface area contributed by atoms with Gasteiger partial charge in [-0.15, -0.1) is 0 Å². The lowest BCUT2D eigenvalue weighted by molar-refractivity contribution is -0.141. The third-order valence-corrected chi connectivity index (χ3v) is 3.89. The molecule has 7 nitrogen and oxygen atoms in total. The quantitative estimate of drug-likeness (QED) is 0.322. The van der Waals surface area contributed by atoms with Gasteiger partial charge in [-0.2, -0.15) is 0 Å². The van der Waals surface area contributed by atoms with Gasteiger partial charge in [0, 0.05) is 24.5 Å². The average molecular weight is 404 g/mol. The molecule has 9 heteroatoms. The molecule has 0 aliphatic carbocycles. The average Bonchev–Trinajstić information content (AvgIpc) is 2.66. The molecule has 0 aromatic heterocycles. The number of nitrogens with one attached hydrogen (secondary N) is 4. The first-order chi connectivity index (χ1) is 13.4. The monoisotopic (exact) mass is 404 g/mol. The molecule has 2 rings (SSSR count). The van der Waals surface area contributed by atoms with E-state index in [1.807, 2.05) is 30.3 Å². The van der Waals surface area contributed by atoms with Crippen molar-refractivity contribution in [1.29, 1.82) is 0 Å². The number of rotatable bonds is 9. The van der Waals surface area contributed by atoms with Crippen LogP contribution in [0.25, 0.3) is 0 Å². The summed E-state index contributed by atoms with van der Waals surface area (Å²) < 4.78 is 12.9. The number of carboxylic acids is 1. The second-order valence-corrected chi connectivity index (χ2v) is 6.26. The zero-order valence-electron chi connectivity index (χ0n) is 14.9. The summed E-state index contributed by atoms with van der Waals surface area (Å²) in [6, 6.07) is 13.5. The molecular formula is C19H21FN4O3S. The number of amides is 1. The van der Waals surface area contributed by atoms with Crippen molar-refractivity contribution < 1.29 is 19.1 Å². The number of carboxylic acid groups (broad SMARTS) is 1. The number of benzene rings is 2. The summed E-state index contributed by atoms with van der Waals surface area (Å²) >= 11 is 5.16. The van der Waals surface area contributed by atoms with Crippen LogP contribution in [0.4, 0.5) is 15.8 Å². The number of hydrogen-bond acceptors (Lipinski definition) is 4. The predicted molar refractivity (Wildman–Crippen MR) is 110 cm³/mol. The van der Waals surface area contributed by atoms with Crippen LogP contribution in [-0.2, 0) is 9.59 Å². The van der Waals surface area contributed by atoms with Crippen LogP contribution in [0.2, 0.25) is 0 Å². The van der Waals surface area contributed by atoms with Crippen molar-refractivity contribution in [2.75, 3.05) is 23.7 Å². The Kier molecular flexibility index (Phi) is 8.32. The maximum Gasteiger partial charge on any atom is 0.321 e. The molecule has 1 atom stereocenters. The van der Waals surface area contributed by atoms with E-state index < -0.39 is 23.7 Å². The minimum atomic E-state index is -1.14. The molecule has 0 fully saturated rings. The van der Waals surface area contributed by atoms with Gasteiger partial charge in [0.1, 0.15) is 11.9 Å². The molecule has 2 aromatic carbocycles. The summed E-state index contributed by atoms with van der Waals surface area (Å²) in [6.45, 7) is 0.666. The van der Waals surface area contributed by atoms with E-state index in [9.17, 15) is 19.1 Å². The van der Waals surface area contributed by atoms with Crippen LogP contribution in [0, 0.1) is 5.82 Å². The molecule has 0 saturated heterocycles. The highest BCUT2D eigenvalue weighted by Crippen LogP contribution is 2.09. The van der Waals surface area contributed by atoms with E-state index in [1.165, 1.54) is 24.3 Å². The summed E-state index contributed by atoms with van der Waals surface area (Å²) in [5.41, 5.74) is 1.24. The molecule has 0 spiro atoms. The van der Waals surface area contributed by atoms with Gasteiger partial charge < -0.3 is 26.4 Å². The number of hydrogen-bond donors (Lipinski definition) is 5. The van der Waals surface area contributed by atoms with Gasteiger partial charge in [0.2, 0.25) is 5.91 Å². The summed E-state index contributed by atoms with van der Waals surface area (Å²) in [5.74, 6) is -2.05. The van der Waals surface area contributed by atoms with Gasteiger partial charge in [-0.25, -0.2) is 4.39 Å². The number of anilines is 2. The molecule has 148 valence electrons. The highest BCUT2D eigenvalue weighted by Gasteiger charge is 2.20. The fourth-order valence-corrected chi connectivity index (χ4v) is 2.52. The van der Waals surface area contributed by atoms with Crippen LogP contribution in [-0.4, -0.2) is 41.2 Å². The molecule has 0 heterocycles. The Hall–Kier alpha value is -3.04. The Labute approximate surface area is 167 Å². The summed E-state index contributed by atoms with van der Waals surface area (Å²) in [4.78, 5) is 23.4. The van der Waals surface area contributed by atoms with E-state index in [0.717, 1.165) is 5.69 Å². The molecule has 0 aliphatic heterocycles. The van der Waals surface area contributed by atoms with E-state index in [2.05, 4.69) is 21.3 Å². The molecule has 28 heavy (non-hydrogen) atoms. The number of halogens is 1.